The van der Waals surface area contributed by atoms with Crippen LogP contribution in [0.15, 0.2) is 39.9 Å². The fourth-order valence-electron chi connectivity index (χ4n) is 2.18. The number of aromatic nitrogens is 3. The number of rotatable bonds is 6. The Balaban J connectivity index is 1.84. The van der Waals surface area contributed by atoms with Crippen molar-refractivity contribution < 1.29 is 13.9 Å². The molecule has 0 bridgehead atoms. The van der Waals surface area contributed by atoms with Gasteiger partial charge in [0.2, 0.25) is 5.16 Å². The first-order chi connectivity index (χ1) is 11.2. The van der Waals surface area contributed by atoms with Gasteiger partial charge in [0.1, 0.15) is 17.8 Å². The molecule has 0 aliphatic rings. The zero-order valence-electron chi connectivity index (χ0n) is 12.7. The Morgan fingerprint density at radius 3 is 2.87 bits per heavy atom. The average molecular weight is 329 g/mol. The number of furan rings is 1. The van der Waals surface area contributed by atoms with E-state index in [0.29, 0.717) is 22.5 Å². The van der Waals surface area contributed by atoms with Crippen LogP contribution in [0, 0.1) is 6.92 Å². The molecule has 23 heavy (non-hydrogen) atoms. The normalized spacial score (nSPS) is 10.7. The lowest BCUT2D eigenvalue weighted by Crippen LogP contribution is -1.87. The molecule has 3 rings (SSSR count). The number of carbonyl (C=O) groups excluding carboxylic acids is 1. The Labute approximate surface area is 137 Å². The third-order valence-corrected chi connectivity index (χ3v) is 4.01. The fraction of sp³-hybridized carbons (Fsp3) is 0.188. The predicted molar refractivity (Wildman–Crippen MR) is 87.6 cm³/mol. The molecule has 0 aliphatic heterocycles. The third-order valence-electron chi connectivity index (χ3n) is 3.26. The first-order valence-corrected chi connectivity index (χ1v) is 7.94. The molecule has 3 aromatic rings. The molecular formula is C16H15N3O3S. The van der Waals surface area contributed by atoms with Crippen molar-refractivity contribution in [3.63, 3.8) is 0 Å². The summed E-state index contributed by atoms with van der Waals surface area (Å²) in [6.07, 6.45) is 0.817. The van der Waals surface area contributed by atoms with Crippen molar-refractivity contribution in [1.82, 2.24) is 15.2 Å². The molecular weight excluding hydrogens is 314 g/mol. The van der Waals surface area contributed by atoms with Crippen LogP contribution in [-0.4, -0.2) is 34.3 Å². The van der Waals surface area contributed by atoms with Gasteiger partial charge in [-0.25, -0.2) is 0 Å². The number of aromatic amines is 1. The summed E-state index contributed by atoms with van der Waals surface area (Å²) in [5.41, 5.74) is 2.00. The van der Waals surface area contributed by atoms with Crippen LogP contribution in [0.5, 0.6) is 5.75 Å². The van der Waals surface area contributed by atoms with Crippen molar-refractivity contribution in [1.29, 1.82) is 0 Å². The van der Waals surface area contributed by atoms with E-state index in [4.69, 9.17) is 9.15 Å². The van der Waals surface area contributed by atoms with Crippen LogP contribution in [0.4, 0.5) is 0 Å². The van der Waals surface area contributed by atoms with Crippen LogP contribution in [0.2, 0.25) is 0 Å². The van der Waals surface area contributed by atoms with Crippen LogP contribution in [0.25, 0.3) is 22.9 Å². The standard InChI is InChI=1S/C16H15N3O3S/c1-10-9-11(3-4-12(10)21-2)13-5-6-14(22-13)15-17-16(19-18-15)23-8-7-20/h3-7,9H,8H2,1-2H3,(H,17,18,19). The summed E-state index contributed by atoms with van der Waals surface area (Å²) in [7, 11) is 1.65. The molecule has 1 aromatic carbocycles. The maximum absolute atomic E-state index is 10.4. The molecule has 0 fully saturated rings. The zero-order valence-corrected chi connectivity index (χ0v) is 13.5. The van der Waals surface area contributed by atoms with Gasteiger partial charge in [-0.3, -0.25) is 5.10 Å². The van der Waals surface area contributed by atoms with Gasteiger partial charge in [0.05, 0.1) is 12.9 Å². The number of carbonyl (C=O) groups is 1. The van der Waals surface area contributed by atoms with Gasteiger partial charge < -0.3 is 13.9 Å². The molecule has 0 saturated carbocycles. The highest BCUT2D eigenvalue weighted by Gasteiger charge is 2.12. The van der Waals surface area contributed by atoms with Crippen molar-refractivity contribution in [3.05, 3.63) is 35.9 Å². The average Bonchev–Trinajstić information content (AvgIpc) is 3.22. The van der Waals surface area contributed by atoms with E-state index in [-0.39, 0.29) is 0 Å². The topological polar surface area (TPSA) is 81.0 Å². The lowest BCUT2D eigenvalue weighted by Gasteiger charge is -2.05. The molecule has 0 unspecified atom stereocenters. The minimum Gasteiger partial charge on any atom is -0.496 e. The quantitative estimate of drug-likeness (QED) is 0.552. The molecule has 0 radical (unpaired) electrons. The Bertz CT molecular complexity index is 826. The van der Waals surface area contributed by atoms with Gasteiger partial charge in [0.25, 0.3) is 0 Å². The number of thioether (sulfide) groups is 1. The SMILES string of the molecule is COc1ccc(-c2ccc(-c3nc(SCC=O)n[nH]3)o2)cc1C. The highest BCUT2D eigenvalue weighted by Crippen LogP contribution is 2.30. The summed E-state index contributed by atoms with van der Waals surface area (Å²) in [6, 6.07) is 9.59. The first kappa shape index (κ1) is 15.4. The second kappa shape index (κ2) is 6.70. The monoisotopic (exact) mass is 329 g/mol. The van der Waals surface area contributed by atoms with Gasteiger partial charge in [-0.05, 0) is 42.8 Å². The van der Waals surface area contributed by atoms with Crippen LogP contribution in [0.3, 0.4) is 0 Å². The summed E-state index contributed by atoms with van der Waals surface area (Å²) >= 11 is 1.27. The maximum Gasteiger partial charge on any atom is 0.209 e. The van der Waals surface area contributed by atoms with Crippen LogP contribution < -0.4 is 4.74 Å². The van der Waals surface area contributed by atoms with Crippen LogP contribution >= 0.6 is 11.8 Å². The van der Waals surface area contributed by atoms with E-state index in [1.807, 2.05) is 37.3 Å². The highest BCUT2D eigenvalue weighted by molar-refractivity contribution is 7.99. The van der Waals surface area contributed by atoms with E-state index in [1.165, 1.54) is 11.8 Å². The van der Waals surface area contributed by atoms with Gasteiger partial charge in [-0.2, -0.15) is 4.98 Å². The van der Waals surface area contributed by atoms with Crippen molar-refractivity contribution >= 4 is 18.0 Å². The van der Waals surface area contributed by atoms with E-state index >= 15 is 0 Å². The van der Waals surface area contributed by atoms with Crippen molar-refractivity contribution in [2.45, 2.75) is 12.1 Å². The number of aryl methyl sites for hydroxylation is 1. The molecule has 0 aliphatic carbocycles. The Hall–Kier alpha value is -2.54. The lowest BCUT2D eigenvalue weighted by atomic mass is 10.1. The molecule has 118 valence electrons. The molecule has 0 spiro atoms. The summed E-state index contributed by atoms with van der Waals surface area (Å²) in [5.74, 6) is 3.04. The molecule has 7 heteroatoms. The van der Waals surface area contributed by atoms with Crippen molar-refractivity contribution in [2.75, 3.05) is 12.9 Å². The number of hydrogen-bond acceptors (Lipinski definition) is 6. The van der Waals surface area contributed by atoms with E-state index < -0.39 is 0 Å². The molecule has 2 heterocycles. The summed E-state index contributed by atoms with van der Waals surface area (Å²) in [6.45, 7) is 1.99. The fourth-order valence-corrected chi connectivity index (χ4v) is 2.66. The van der Waals surface area contributed by atoms with E-state index in [9.17, 15) is 4.79 Å². The minimum absolute atomic E-state index is 0.325. The Morgan fingerprint density at radius 1 is 1.30 bits per heavy atom. The summed E-state index contributed by atoms with van der Waals surface area (Å²) in [4.78, 5) is 14.7. The Kier molecular flexibility index (Phi) is 4.47. The van der Waals surface area contributed by atoms with Gasteiger partial charge in [0.15, 0.2) is 11.6 Å². The largest absolute Gasteiger partial charge is 0.496 e. The number of benzene rings is 1. The second-order valence-corrected chi connectivity index (χ2v) is 5.78. The molecule has 6 nitrogen and oxygen atoms in total. The number of ether oxygens (including phenoxy) is 1. The van der Waals surface area contributed by atoms with Gasteiger partial charge in [-0.1, -0.05) is 11.8 Å². The number of nitrogens with zero attached hydrogens (tertiary/aromatic N) is 2. The smallest absolute Gasteiger partial charge is 0.209 e. The zero-order chi connectivity index (χ0) is 16.2. The second-order valence-electron chi connectivity index (χ2n) is 4.79. The molecule has 1 N–H and O–H groups in total. The van der Waals surface area contributed by atoms with Gasteiger partial charge in [0, 0.05) is 5.56 Å². The minimum atomic E-state index is 0.325. The summed E-state index contributed by atoms with van der Waals surface area (Å²) in [5, 5.41) is 7.37. The molecule has 0 atom stereocenters. The third kappa shape index (κ3) is 3.29. The first-order valence-electron chi connectivity index (χ1n) is 6.95. The number of hydrogen-bond donors (Lipinski definition) is 1. The predicted octanol–water partition coefficient (Wildman–Crippen LogP) is 3.34. The van der Waals surface area contributed by atoms with E-state index in [1.54, 1.807) is 7.11 Å². The van der Waals surface area contributed by atoms with Crippen LogP contribution in [0.1, 0.15) is 5.56 Å². The number of H-pyrrole nitrogens is 1. The van der Waals surface area contributed by atoms with Crippen LogP contribution in [-0.2, 0) is 4.79 Å². The molecule has 0 amide bonds. The number of methoxy groups -OCH3 is 1. The van der Waals surface area contributed by atoms with Crippen molar-refractivity contribution in [3.8, 4) is 28.7 Å². The van der Waals surface area contributed by atoms with E-state index in [2.05, 4.69) is 15.2 Å². The number of nitrogens with one attached hydrogen (secondary N) is 1. The number of aldehydes is 1. The summed E-state index contributed by atoms with van der Waals surface area (Å²) < 4.78 is 11.1. The maximum atomic E-state index is 10.4. The highest BCUT2D eigenvalue weighted by atomic mass is 32.2. The molecule has 0 saturated heterocycles. The lowest BCUT2D eigenvalue weighted by molar-refractivity contribution is -0.105. The van der Waals surface area contributed by atoms with Crippen molar-refractivity contribution in [2.24, 2.45) is 0 Å². The Morgan fingerprint density at radius 2 is 2.13 bits per heavy atom. The van der Waals surface area contributed by atoms with Gasteiger partial charge >= 0.3 is 0 Å². The van der Waals surface area contributed by atoms with Gasteiger partial charge in [-0.15, -0.1) is 5.10 Å². The van der Waals surface area contributed by atoms with E-state index in [0.717, 1.165) is 28.9 Å². The molecule has 2 aromatic heterocycles.